The normalized spacial score (nSPS) is 17.3. The number of aryl methyl sites for hydroxylation is 1. The van der Waals surface area contributed by atoms with E-state index in [4.69, 9.17) is 0 Å². The molecule has 3 amide bonds. The summed E-state index contributed by atoms with van der Waals surface area (Å²) in [7, 11) is 0. The van der Waals surface area contributed by atoms with Crippen LogP contribution in [-0.2, 0) is 17.9 Å². The Balaban J connectivity index is 1.43. The van der Waals surface area contributed by atoms with E-state index in [0.717, 1.165) is 17.5 Å². The van der Waals surface area contributed by atoms with Crippen molar-refractivity contribution < 1.29 is 14.4 Å². The average molecular weight is 454 g/mol. The molecule has 5 rings (SSSR count). The number of benzene rings is 3. The molecule has 2 aliphatic rings. The molecular formula is C28H27N3O3. The summed E-state index contributed by atoms with van der Waals surface area (Å²) in [5.74, 6) is -0.381. The van der Waals surface area contributed by atoms with E-state index in [1.165, 1.54) is 5.56 Å². The molecule has 0 radical (unpaired) electrons. The largest absolute Gasteiger partial charge is 0.348 e. The number of amides is 3. The zero-order valence-electron chi connectivity index (χ0n) is 19.2. The smallest absolute Gasteiger partial charge is 0.256 e. The van der Waals surface area contributed by atoms with Gasteiger partial charge in [0.1, 0.15) is 6.04 Å². The number of fused-ring (bicyclic) bond motifs is 2. The first kappa shape index (κ1) is 21.9. The van der Waals surface area contributed by atoms with E-state index in [1.807, 2.05) is 67.6 Å². The molecule has 34 heavy (non-hydrogen) atoms. The quantitative estimate of drug-likeness (QED) is 0.633. The highest BCUT2D eigenvalue weighted by molar-refractivity contribution is 6.11. The summed E-state index contributed by atoms with van der Waals surface area (Å²) >= 11 is 0. The Hall–Kier alpha value is -3.93. The molecule has 3 aromatic carbocycles. The molecule has 1 atom stereocenters. The van der Waals surface area contributed by atoms with Crippen molar-refractivity contribution >= 4 is 23.4 Å². The molecule has 2 aliphatic heterocycles. The zero-order valence-corrected chi connectivity index (χ0v) is 19.2. The number of carbonyl (C=O) groups excluding carboxylic acids is 3. The summed E-state index contributed by atoms with van der Waals surface area (Å²) in [4.78, 5) is 43.2. The first-order chi connectivity index (χ1) is 16.5. The first-order valence-corrected chi connectivity index (χ1v) is 11.7. The molecule has 6 nitrogen and oxygen atoms in total. The van der Waals surface area contributed by atoms with Gasteiger partial charge < -0.3 is 15.1 Å². The van der Waals surface area contributed by atoms with Crippen molar-refractivity contribution in [3.05, 3.63) is 101 Å². The second-order valence-electron chi connectivity index (χ2n) is 8.92. The Bertz CT molecular complexity index is 1250. The van der Waals surface area contributed by atoms with Crippen LogP contribution in [0.4, 0.5) is 5.69 Å². The SMILES string of the molecule is Cc1ccc(CNC(=O)c2ccccc2CN2C(=O)[C@@H]3CCCN3C(=O)c3ccccc32)cc1. The van der Waals surface area contributed by atoms with E-state index in [9.17, 15) is 14.4 Å². The summed E-state index contributed by atoms with van der Waals surface area (Å²) < 4.78 is 0. The second kappa shape index (κ2) is 9.14. The molecule has 6 heteroatoms. The molecule has 0 aromatic heterocycles. The molecule has 0 aliphatic carbocycles. The molecule has 3 aromatic rings. The lowest BCUT2D eigenvalue weighted by molar-refractivity contribution is -0.122. The third kappa shape index (κ3) is 4.07. The van der Waals surface area contributed by atoms with Crippen LogP contribution in [0.2, 0.25) is 0 Å². The molecule has 0 bridgehead atoms. The van der Waals surface area contributed by atoms with Crippen LogP contribution in [0.5, 0.6) is 0 Å². The van der Waals surface area contributed by atoms with Gasteiger partial charge in [-0.2, -0.15) is 0 Å². The van der Waals surface area contributed by atoms with Crippen LogP contribution in [-0.4, -0.2) is 35.2 Å². The highest BCUT2D eigenvalue weighted by Crippen LogP contribution is 2.33. The van der Waals surface area contributed by atoms with Gasteiger partial charge >= 0.3 is 0 Å². The molecule has 0 saturated carbocycles. The van der Waals surface area contributed by atoms with Gasteiger partial charge in [-0.1, -0.05) is 60.2 Å². The molecule has 0 unspecified atom stereocenters. The van der Waals surface area contributed by atoms with Crippen molar-refractivity contribution in [1.82, 2.24) is 10.2 Å². The fourth-order valence-corrected chi connectivity index (χ4v) is 4.81. The second-order valence-corrected chi connectivity index (χ2v) is 8.92. The van der Waals surface area contributed by atoms with Crippen LogP contribution < -0.4 is 10.2 Å². The number of rotatable bonds is 5. The maximum Gasteiger partial charge on any atom is 0.256 e. The van der Waals surface area contributed by atoms with Crippen LogP contribution in [0.15, 0.2) is 72.8 Å². The monoisotopic (exact) mass is 453 g/mol. The number of hydrogen-bond donors (Lipinski definition) is 1. The Morgan fingerprint density at radius 3 is 2.53 bits per heavy atom. The number of para-hydroxylation sites is 1. The summed E-state index contributed by atoms with van der Waals surface area (Å²) in [6.45, 7) is 3.26. The number of carbonyl (C=O) groups is 3. The summed E-state index contributed by atoms with van der Waals surface area (Å²) in [6, 6.07) is 22.2. The molecule has 2 heterocycles. The van der Waals surface area contributed by atoms with Gasteiger partial charge in [0.05, 0.1) is 17.8 Å². The van der Waals surface area contributed by atoms with Crippen LogP contribution >= 0.6 is 0 Å². The van der Waals surface area contributed by atoms with Gasteiger partial charge in [-0.15, -0.1) is 0 Å². The van der Waals surface area contributed by atoms with E-state index >= 15 is 0 Å². The Morgan fingerprint density at radius 2 is 1.71 bits per heavy atom. The van der Waals surface area contributed by atoms with E-state index in [1.54, 1.807) is 21.9 Å². The minimum absolute atomic E-state index is 0.0920. The van der Waals surface area contributed by atoms with Crippen molar-refractivity contribution in [2.45, 2.75) is 38.9 Å². The summed E-state index contributed by atoms with van der Waals surface area (Å²) in [5, 5.41) is 2.99. The van der Waals surface area contributed by atoms with Crippen LogP contribution in [0.25, 0.3) is 0 Å². The van der Waals surface area contributed by atoms with Crippen molar-refractivity contribution in [3.63, 3.8) is 0 Å². The van der Waals surface area contributed by atoms with Crippen LogP contribution in [0, 0.1) is 6.92 Å². The molecule has 172 valence electrons. The Labute approximate surface area is 199 Å². The predicted octanol–water partition coefficient (Wildman–Crippen LogP) is 4.08. The van der Waals surface area contributed by atoms with Crippen molar-refractivity contribution in [2.24, 2.45) is 0 Å². The zero-order chi connectivity index (χ0) is 23.7. The Kier molecular flexibility index (Phi) is 5.88. The van der Waals surface area contributed by atoms with E-state index < -0.39 is 6.04 Å². The van der Waals surface area contributed by atoms with Crippen molar-refractivity contribution in [3.8, 4) is 0 Å². The number of nitrogens with zero attached hydrogens (tertiary/aromatic N) is 2. The maximum absolute atomic E-state index is 13.6. The van der Waals surface area contributed by atoms with Gasteiger partial charge in [0.2, 0.25) is 5.91 Å². The highest BCUT2D eigenvalue weighted by Gasteiger charge is 2.42. The Morgan fingerprint density at radius 1 is 0.971 bits per heavy atom. The lowest BCUT2D eigenvalue weighted by Crippen LogP contribution is -2.44. The van der Waals surface area contributed by atoms with Gasteiger partial charge in [0.25, 0.3) is 11.8 Å². The fourth-order valence-electron chi connectivity index (χ4n) is 4.81. The first-order valence-electron chi connectivity index (χ1n) is 11.7. The minimum Gasteiger partial charge on any atom is -0.348 e. The molecule has 0 spiro atoms. The number of hydrogen-bond acceptors (Lipinski definition) is 3. The maximum atomic E-state index is 13.6. The van der Waals surface area contributed by atoms with Gasteiger partial charge in [-0.3, -0.25) is 14.4 Å². The van der Waals surface area contributed by atoms with Gasteiger partial charge in [-0.05, 0) is 49.1 Å². The molecule has 1 saturated heterocycles. The minimum atomic E-state index is -0.456. The van der Waals surface area contributed by atoms with E-state index in [2.05, 4.69) is 5.32 Å². The van der Waals surface area contributed by atoms with Gasteiger partial charge in [0.15, 0.2) is 0 Å². The molecule has 1 N–H and O–H groups in total. The lowest BCUT2D eigenvalue weighted by atomic mass is 10.0. The number of anilines is 1. The predicted molar refractivity (Wildman–Crippen MR) is 130 cm³/mol. The molecule has 1 fully saturated rings. The standard InChI is InChI=1S/C28H27N3O3/c1-19-12-14-20(15-13-19)17-29-26(32)22-8-3-2-7-21(22)18-31-24-10-5-4-9-23(24)27(33)30-16-6-11-25(30)28(31)34/h2-5,7-10,12-15,25H,6,11,16-18H2,1H3,(H,29,32)/t25-/m0/s1. The van der Waals surface area contributed by atoms with Gasteiger partial charge in [0, 0.05) is 18.7 Å². The highest BCUT2D eigenvalue weighted by atomic mass is 16.2. The fraction of sp³-hybridized carbons (Fsp3) is 0.250. The van der Waals surface area contributed by atoms with Crippen LogP contribution in [0.3, 0.4) is 0 Å². The van der Waals surface area contributed by atoms with Crippen LogP contribution in [0.1, 0.15) is 50.2 Å². The van der Waals surface area contributed by atoms with Crippen molar-refractivity contribution in [2.75, 3.05) is 11.4 Å². The summed E-state index contributed by atoms with van der Waals surface area (Å²) in [6.07, 6.45) is 1.48. The average Bonchev–Trinajstić information content (AvgIpc) is 3.34. The lowest BCUT2D eigenvalue weighted by Gasteiger charge is -2.26. The third-order valence-corrected chi connectivity index (χ3v) is 6.65. The number of nitrogens with one attached hydrogen (secondary N) is 1. The van der Waals surface area contributed by atoms with Crippen molar-refractivity contribution in [1.29, 1.82) is 0 Å². The summed E-state index contributed by atoms with van der Waals surface area (Å²) in [5.41, 5.74) is 4.59. The van der Waals surface area contributed by atoms with Gasteiger partial charge in [-0.25, -0.2) is 0 Å². The van der Waals surface area contributed by atoms with E-state index in [0.29, 0.717) is 36.3 Å². The van der Waals surface area contributed by atoms with E-state index in [-0.39, 0.29) is 24.3 Å². The topological polar surface area (TPSA) is 69.7 Å². The molecular weight excluding hydrogens is 426 g/mol. The third-order valence-electron chi connectivity index (χ3n) is 6.65.